The van der Waals surface area contributed by atoms with E-state index in [-0.39, 0.29) is 23.7 Å². The highest BCUT2D eigenvalue weighted by Crippen LogP contribution is 2.41. The van der Waals surface area contributed by atoms with Gasteiger partial charge in [0, 0.05) is 11.8 Å². The van der Waals surface area contributed by atoms with Gasteiger partial charge in [-0.2, -0.15) is 0 Å². The van der Waals surface area contributed by atoms with Crippen molar-refractivity contribution < 1.29 is 23.8 Å². The van der Waals surface area contributed by atoms with Crippen molar-refractivity contribution in [1.82, 2.24) is 0 Å². The van der Waals surface area contributed by atoms with Gasteiger partial charge in [0.05, 0.1) is 38.3 Å². The van der Waals surface area contributed by atoms with Crippen LogP contribution in [0, 0.1) is 11.8 Å². The number of para-hydroxylation sites is 2. The van der Waals surface area contributed by atoms with Crippen molar-refractivity contribution in [3.8, 4) is 17.2 Å². The van der Waals surface area contributed by atoms with E-state index in [4.69, 9.17) is 14.2 Å². The van der Waals surface area contributed by atoms with Crippen molar-refractivity contribution in [3.05, 3.63) is 42.5 Å². The zero-order valence-corrected chi connectivity index (χ0v) is 16.2. The molecule has 0 radical (unpaired) electrons. The lowest BCUT2D eigenvalue weighted by Crippen LogP contribution is -2.21. The summed E-state index contributed by atoms with van der Waals surface area (Å²) < 4.78 is 15.9. The number of nitrogens with one attached hydrogen (secondary N) is 2. The summed E-state index contributed by atoms with van der Waals surface area (Å²) in [7, 11) is 3.08. The summed E-state index contributed by atoms with van der Waals surface area (Å²) in [5, 5.41) is 5.69. The second-order valence-corrected chi connectivity index (χ2v) is 6.43. The zero-order chi connectivity index (χ0) is 20.1. The Balaban J connectivity index is 1.59. The first-order chi connectivity index (χ1) is 13.6. The van der Waals surface area contributed by atoms with E-state index < -0.39 is 0 Å². The minimum Gasteiger partial charge on any atom is -0.493 e. The van der Waals surface area contributed by atoms with Crippen LogP contribution in [0.5, 0.6) is 17.2 Å². The zero-order valence-electron chi connectivity index (χ0n) is 16.2. The van der Waals surface area contributed by atoms with Crippen molar-refractivity contribution >= 4 is 23.2 Å². The Morgan fingerprint density at radius 2 is 1.61 bits per heavy atom. The fourth-order valence-corrected chi connectivity index (χ4v) is 3.00. The van der Waals surface area contributed by atoms with Gasteiger partial charge in [-0.05, 0) is 37.6 Å². The normalized spacial score (nSPS) is 17.4. The van der Waals surface area contributed by atoms with Gasteiger partial charge in [0.2, 0.25) is 11.8 Å². The maximum absolute atomic E-state index is 12.5. The Morgan fingerprint density at radius 3 is 2.29 bits per heavy atom. The van der Waals surface area contributed by atoms with E-state index in [1.807, 2.05) is 19.1 Å². The average molecular weight is 384 g/mol. The molecule has 3 rings (SSSR count). The van der Waals surface area contributed by atoms with Crippen LogP contribution in [-0.4, -0.2) is 32.6 Å². The maximum Gasteiger partial charge on any atom is 0.228 e. The van der Waals surface area contributed by atoms with Crippen LogP contribution in [0.3, 0.4) is 0 Å². The standard InChI is InChI=1S/C21H24N2O5/c1-4-28-17-8-6-5-7-16(17)23-21(25)15-12-14(15)20(24)22-13-9-10-18(26-2)19(11-13)27-3/h5-11,14-15H,4,12H2,1-3H3,(H,22,24)(H,23,25). The van der Waals surface area contributed by atoms with Crippen molar-refractivity contribution in [3.63, 3.8) is 0 Å². The molecule has 1 saturated carbocycles. The minimum atomic E-state index is -0.354. The molecule has 1 aliphatic rings. The lowest BCUT2D eigenvalue weighted by molar-refractivity contribution is -0.122. The number of ether oxygens (including phenoxy) is 3. The van der Waals surface area contributed by atoms with Crippen LogP contribution in [0.25, 0.3) is 0 Å². The molecule has 0 bridgehead atoms. The fraction of sp³-hybridized carbons (Fsp3) is 0.333. The molecule has 0 aromatic heterocycles. The van der Waals surface area contributed by atoms with Gasteiger partial charge in [-0.1, -0.05) is 12.1 Å². The number of anilines is 2. The number of rotatable bonds is 8. The second kappa shape index (κ2) is 8.65. The van der Waals surface area contributed by atoms with E-state index >= 15 is 0 Å². The summed E-state index contributed by atoms with van der Waals surface area (Å²) in [4.78, 5) is 25.0. The number of methoxy groups -OCH3 is 2. The molecule has 0 heterocycles. The number of benzene rings is 2. The Hall–Kier alpha value is -3.22. The largest absolute Gasteiger partial charge is 0.493 e. The molecule has 2 N–H and O–H groups in total. The molecule has 7 heteroatoms. The topological polar surface area (TPSA) is 85.9 Å². The highest BCUT2D eigenvalue weighted by molar-refractivity contribution is 6.03. The quantitative estimate of drug-likeness (QED) is 0.729. The summed E-state index contributed by atoms with van der Waals surface area (Å²) in [5.41, 5.74) is 1.20. The van der Waals surface area contributed by atoms with Crippen LogP contribution >= 0.6 is 0 Å². The van der Waals surface area contributed by atoms with Gasteiger partial charge in [0.1, 0.15) is 5.75 Å². The molecule has 7 nitrogen and oxygen atoms in total. The first-order valence-corrected chi connectivity index (χ1v) is 9.13. The van der Waals surface area contributed by atoms with E-state index in [9.17, 15) is 9.59 Å². The molecule has 148 valence electrons. The van der Waals surface area contributed by atoms with Crippen LogP contribution < -0.4 is 24.8 Å². The predicted molar refractivity (Wildman–Crippen MR) is 106 cm³/mol. The third kappa shape index (κ3) is 4.36. The lowest BCUT2D eigenvalue weighted by atomic mass is 10.2. The van der Waals surface area contributed by atoms with Gasteiger partial charge in [0.15, 0.2) is 11.5 Å². The van der Waals surface area contributed by atoms with Crippen LogP contribution in [0.2, 0.25) is 0 Å². The second-order valence-electron chi connectivity index (χ2n) is 6.43. The van der Waals surface area contributed by atoms with Gasteiger partial charge in [-0.15, -0.1) is 0 Å². The van der Waals surface area contributed by atoms with Crippen molar-refractivity contribution in [2.75, 3.05) is 31.5 Å². The predicted octanol–water partition coefficient (Wildman–Crippen LogP) is 3.32. The van der Waals surface area contributed by atoms with Crippen molar-refractivity contribution in [2.24, 2.45) is 11.8 Å². The number of amides is 2. The first-order valence-electron chi connectivity index (χ1n) is 9.13. The van der Waals surface area contributed by atoms with Crippen LogP contribution in [0.4, 0.5) is 11.4 Å². The highest BCUT2D eigenvalue weighted by atomic mass is 16.5. The van der Waals surface area contributed by atoms with E-state index in [0.29, 0.717) is 41.7 Å². The maximum atomic E-state index is 12.5. The summed E-state index contributed by atoms with van der Waals surface area (Å²) in [6.07, 6.45) is 0.516. The van der Waals surface area contributed by atoms with Gasteiger partial charge in [0.25, 0.3) is 0 Å². The van der Waals surface area contributed by atoms with E-state index in [0.717, 1.165) is 0 Å². The summed E-state index contributed by atoms with van der Waals surface area (Å²) >= 11 is 0. The van der Waals surface area contributed by atoms with Gasteiger partial charge in [-0.25, -0.2) is 0 Å². The van der Waals surface area contributed by atoms with Gasteiger partial charge < -0.3 is 24.8 Å². The summed E-state index contributed by atoms with van der Waals surface area (Å²) in [6, 6.07) is 12.4. The molecule has 28 heavy (non-hydrogen) atoms. The Morgan fingerprint density at radius 1 is 0.929 bits per heavy atom. The highest BCUT2D eigenvalue weighted by Gasteiger charge is 2.48. The number of hydrogen-bond acceptors (Lipinski definition) is 5. The Kier molecular flexibility index (Phi) is 6.03. The van der Waals surface area contributed by atoms with Crippen LogP contribution in [0.1, 0.15) is 13.3 Å². The van der Waals surface area contributed by atoms with Gasteiger partial charge in [-0.3, -0.25) is 9.59 Å². The average Bonchev–Trinajstić information content (AvgIpc) is 3.51. The Bertz CT molecular complexity index is 868. The van der Waals surface area contributed by atoms with Crippen molar-refractivity contribution in [2.45, 2.75) is 13.3 Å². The fourth-order valence-electron chi connectivity index (χ4n) is 3.00. The van der Waals surface area contributed by atoms with Crippen molar-refractivity contribution in [1.29, 1.82) is 0 Å². The van der Waals surface area contributed by atoms with Crippen LogP contribution in [-0.2, 0) is 9.59 Å². The van der Waals surface area contributed by atoms with Crippen LogP contribution in [0.15, 0.2) is 42.5 Å². The monoisotopic (exact) mass is 384 g/mol. The van der Waals surface area contributed by atoms with Gasteiger partial charge >= 0.3 is 0 Å². The first kappa shape index (κ1) is 19.5. The summed E-state index contributed by atoms with van der Waals surface area (Å²) in [5.74, 6) is 0.646. The molecular weight excluding hydrogens is 360 g/mol. The molecule has 1 aliphatic carbocycles. The van der Waals surface area contributed by atoms with E-state index in [1.165, 1.54) is 7.11 Å². The molecule has 2 aromatic rings. The molecule has 0 aliphatic heterocycles. The molecule has 0 saturated heterocycles. The third-order valence-corrected chi connectivity index (χ3v) is 4.56. The Labute approximate surface area is 164 Å². The molecule has 2 unspecified atom stereocenters. The molecular formula is C21H24N2O5. The molecule has 2 amide bonds. The summed E-state index contributed by atoms with van der Waals surface area (Å²) in [6.45, 7) is 2.39. The number of carbonyl (C=O) groups is 2. The van der Waals surface area contributed by atoms with E-state index in [2.05, 4.69) is 10.6 Å². The number of carbonyl (C=O) groups excluding carboxylic acids is 2. The smallest absolute Gasteiger partial charge is 0.228 e. The SMILES string of the molecule is CCOc1ccccc1NC(=O)C1CC1C(=O)Nc1ccc(OC)c(OC)c1. The molecule has 0 spiro atoms. The van der Waals surface area contributed by atoms with E-state index in [1.54, 1.807) is 37.4 Å². The molecule has 2 atom stereocenters. The molecule has 2 aromatic carbocycles. The third-order valence-electron chi connectivity index (χ3n) is 4.56. The number of hydrogen-bond donors (Lipinski definition) is 2. The lowest BCUT2D eigenvalue weighted by Gasteiger charge is -2.12. The molecule has 1 fully saturated rings. The minimum absolute atomic E-state index is 0.181.